The van der Waals surface area contributed by atoms with E-state index in [1.54, 1.807) is 0 Å². The van der Waals surface area contributed by atoms with E-state index in [4.69, 9.17) is 9.47 Å². The molecular weight excluding hydrogens is 464 g/mol. The van der Waals surface area contributed by atoms with Gasteiger partial charge in [-0.15, -0.1) is 0 Å². The second-order valence-electron chi connectivity index (χ2n) is 15.5. The maximum atomic E-state index is 12.1. The maximum Gasteiger partial charge on any atom is 0.302 e. The lowest BCUT2D eigenvalue weighted by Gasteiger charge is -2.61. The molecule has 0 heterocycles. The summed E-state index contributed by atoms with van der Waals surface area (Å²) >= 11 is 0. The van der Waals surface area contributed by atoms with Crippen molar-refractivity contribution < 1.29 is 28.0 Å². The second-order valence-corrected chi connectivity index (χ2v) is 15.5. The van der Waals surface area contributed by atoms with Gasteiger partial charge in [0.25, 0.3) is 0 Å². The Morgan fingerprint density at radius 1 is 0.865 bits per heavy atom. The molecule has 0 unspecified atom stereocenters. The molecule has 0 aromatic rings. The van der Waals surface area contributed by atoms with Crippen LogP contribution in [-0.2, 0) is 19.1 Å². The van der Waals surface area contributed by atoms with E-state index in [2.05, 4.69) is 56.1 Å². The summed E-state index contributed by atoms with van der Waals surface area (Å²) in [5, 5.41) is 0. The van der Waals surface area contributed by atoms with Crippen LogP contribution in [0, 0.1) is 40.4 Å². The molecule has 0 bridgehead atoms. The molecule has 4 aliphatic rings. The molecule has 0 amide bonds. The Kier molecular flexibility index (Phi) is 7.64. The molecule has 6 nitrogen and oxygen atoms in total. The molecule has 0 spiro atoms. The first-order chi connectivity index (χ1) is 17.0. The van der Waals surface area contributed by atoms with Gasteiger partial charge in [0, 0.05) is 32.1 Å². The van der Waals surface area contributed by atoms with Crippen LogP contribution in [0.3, 0.4) is 0 Å². The highest BCUT2D eigenvalue weighted by molar-refractivity contribution is 5.66. The van der Waals surface area contributed by atoms with Crippen molar-refractivity contribution in [1.82, 2.24) is 0 Å². The van der Waals surface area contributed by atoms with Crippen LogP contribution in [0.25, 0.3) is 0 Å². The van der Waals surface area contributed by atoms with Gasteiger partial charge in [0.15, 0.2) is 0 Å². The first kappa shape index (κ1) is 28.9. The number of hydrogen-bond acceptors (Lipinski definition) is 4. The summed E-state index contributed by atoms with van der Waals surface area (Å²) in [6.07, 6.45) is 9.87. The molecule has 4 aliphatic carbocycles. The summed E-state index contributed by atoms with van der Waals surface area (Å²) in [6, 6.07) is 1.14. The smallest absolute Gasteiger partial charge is 0.302 e. The predicted octanol–water partition coefficient (Wildman–Crippen LogP) is 4.90. The Hall–Kier alpha value is -1.14. The summed E-state index contributed by atoms with van der Waals surface area (Å²) in [7, 11) is 14.0. The Morgan fingerprint density at radius 2 is 1.54 bits per heavy atom. The van der Waals surface area contributed by atoms with Gasteiger partial charge < -0.3 is 18.4 Å². The largest absolute Gasteiger partial charge is 0.465 e. The van der Waals surface area contributed by atoms with Gasteiger partial charge in [0.05, 0.1) is 66.9 Å². The van der Waals surface area contributed by atoms with Gasteiger partial charge in [-0.2, -0.15) is 0 Å². The molecule has 0 aliphatic heterocycles. The standard InChI is InChI=1S/C31H56N2O4/c1-20(37-22(3)35)29-28(33(8,9)10)18-27-25-12-11-23-17-24(32(5,6)7)13-15-30(23,4)26(25)14-16-31(27,29)19-36-21(2)34/h20,23-29H,11-19H2,1-10H3/q+2/t20-,23-,24-,25+,26-,27-,28+,29-,30-,31+/m0/s1. The van der Waals surface area contributed by atoms with E-state index < -0.39 is 0 Å². The van der Waals surface area contributed by atoms with E-state index in [1.165, 1.54) is 52.4 Å². The van der Waals surface area contributed by atoms with Crippen LogP contribution in [0.4, 0.5) is 0 Å². The van der Waals surface area contributed by atoms with Crippen molar-refractivity contribution in [2.24, 2.45) is 40.4 Å². The number of ether oxygens (including phenoxy) is 2. The molecule has 212 valence electrons. The van der Waals surface area contributed by atoms with E-state index in [1.807, 2.05) is 0 Å². The maximum absolute atomic E-state index is 12.1. The molecule has 37 heavy (non-hydrogen) atoms. The van der Waals surface area contributed by atoms with Gasteiger partial charge in [0.1, 0.15) is 6.10 Å². The first-order valence-electron chi connectivity index (χ1n) is 14.9. The molecule has 4 rings (SSSR count). The average Bonchev–Trinajstić information content (AvgIpc) is 3.12. The third kappa shape index (κ3) is 5.11. The zero-order valence-electron chi connectivity index (χ0n) is 25.5. The Morgan fingerprint density at radius 3 is 2.11 bits per heavy atom. The number of fused-ring (bicyclic) bond motifs is 5. The summed E-state index contributed by atoms with van der Waals surface area (Å²) in [4.78, 5) is 24.2. The number of nitrogens with zero attached hydrogens (tertiary/aromatic N) is 2. The lowest BCUT2D eigenvalue weighted by Crippen LogP contribution is -2.59. The number of quaternary nitrogens is 2. The number of rotatable bonds is 6. The van der Waals surface area contributed by atoms with Gasteiger partial charge in [-0.25, -0.2) is 0 Å². The van der Waals surface area contributed by atoms with E-state index in [9.17, 15) is 9.59 Å². The van der Waals surface area contributed by atoms with Crippen molar-refractivity contribution >= 4 is 11.9 Å². The molecule has 0 saturated heterocycles. The zero-order valence-corrected chi connectivity index (χ0v) is 25.5. The minimum Gasteiger partial charge on any atom is -0.465 e. The molecule has 4 fully saturated rings. The highest BCUT2D eigenvalue weighted by atomic mass is 16.5. The van der Waals surface area contributed by atoms with Gasteiger partial charge in [-0.05, 0) is 74.5 Å². The SMILES string of the molecule is CC(=O)OC[C@]12CC[C@H]3[C@@H](CC[C@H]4C[C@@H]([N+](C)(C)C)CC[C@@]43C)[C@@H]1C[C@@H]([N+](C)(C)C)[C@@H]2[C@H](C)OC(C)=O. The fourth-order valence-electron chi connectivity index (χ4n) is 10.2. The normalized spacial score (nSPS) is 42.7. The monoisotopic (exact) mass is 520 g/mol. The molecule has 0 aromatic heterocycles. The summed E-state index contributed by atoms with van der Waals surface area (Å²) in [5.41, 5.74) is 0.286. The number of hydrogen-bond donors (Lipinski definition) is 0. The molecule has 6 heteroatoms. The molecule has 0 aromatic carbocycles. The highest BCUT2D eigenvalue weighted by Crippen LogP contribution is 2.69. The highest BCUT2D eigenvalue weighted by Gasteiger charge is 2.68. The van der Waals surface area contributed by atoms with Gasteiger partial charge in [-0.1, -0.05) is 6.92 Å². The van der Waals surface area contributed by atoms with Crippen LogP contribution in [0.5, 0.6) is 0 Å². The van der Waals surface area contributed by atoms with E-state index in [0.717, 1.165) is 39.7 Å². The summed E-state index contributed by atoms with van der Waals surface area (Å²) in [6.45, 7) is 8.24. The molecular formula is C31H56N2O4+2. The third-order valence-corrected chi connectivity index (χ3v) is 12.0. The van der Waals surface area contributed by atoms with Crippen LogP contribution in [0.2, 0.25) is 0 Å². The van der Waals surface area contributed by atoms with Crippen molar-refractivity contribution in [3.05, 3.63) is 0 Å². The molecule has 0 N–H and O–H groups in total. The molecule has 4 saturated carbocycles. The van der Waals surface area contributed by atoms with Crippen LogP contribution >= 0.6 is 0 Å². The van der Waals surface area contributed by atoms with Gasteiger partial charge in [-0.3, -0.25) is 9.59 Å². The topological polar surface area (TPSA) is 52.6 Å². The van der Waals surface area contributed by atoms with Gasteiger partial charge in [0.2, 0.25) is 0 Å². The first-order valence-corrected chi connectivity index (χ1v) is 14.9. The Bertz CT molecular complexity index is 875. The zero-order chi connectivity index (χ0) is 27.6. The van der Waals surface area contributed by atoms with E-state index >= 15 is 0 Å². The number of carbonyl (C=O) groups excluding carboxylic acids is 2. The molecule has 0 radical (unpaired) electrons. The van der Waals surface area contributed by atoms with Crippen molar-refractivity contribution in [2.45, 2.75) is 97.2 Å². The van der Waals surface area contributed by atoms with Crippen molar-refractivity contribution in [2.75, 3.05) is 48.9 Å². The average molecular weight is 521 g/mol. The minimum atomic E-state index is -0.213. The van der Waals surface area contributed by atoms with Gasteiger partial charge >= 0.3 is 11.9 Å². The molecule has 10 atom stereocenters. The van der Waals surface area contributed by atoms with Crippen LogP contribution in [0.15, 0.2) is 0 Å². The fraction of sp³-hybridized carbons (Fsp3) is 0.935. The van der Waals surface area contributed by atoms with E-state index in [0.29, 0.717) is 29.9 Å². The van der Waals surface area contributed by atoms with Crippen LogP contribution in [0.1, 0.15) is 79.1 Å². The van der Waals surface area contributed by atoms with E-state index in [-0.39, 0.29) is 29.4 Å². The predicted molar refractivity (Wildman–Crippen MR) is 146 cm³/mol. The Labute approximate surface area is 226 Å². The summed E-state index contributed by atoms with van der Waals surface area (Å²) < 4.78 is 13.8. The van der Waals surface area contributed by atoms with Crippen LogP contribution < -0.4 is 0 Å². The number of esters is 2. The lowest BCUT2D eigenvalue weighted by atomic mass is 9.44. The van der Waals surface area contributed by atoms with Crippen molar-refractivity contribution in [3.63, 3.8) is 0 Å². The van der Waals surface area contributed by atoms with Crippen molar-refractivity contribution in [1.29, 1.82) is 0 Å². The minimum absolute atomic E-state index is 0.124. The third-order valence-electron chi connectivity index (χ3n) is 12.0. The second kappa shape index (κ2) is 9.80. The lowest BCUT2D eigenvalue weighted by molar-refractivity contribution is -0.900. The van der Waals surface area contributed by atoms with Crippen LogP contribution in [-0.4, -0.2) is 88.0 Å². The summed E-state index contributed by atoms with van der Waals surface area (Å²) in [5.74, 6) is 2.50. The quantitative estimate of drug-likeness (QED) is 0.369. The van der Waals surface area contributed by atoms with Crippen molar-refractivity contribution in [3.8, 4) is 0 Å². The Balaban J connectivity index is 1.70. The number of carbonyl (C=O) groups is 2. The fourth-order valence-corrected chi connectivity index (χ4v) is 10.2.